The molecular weight excluding hydrogens is 325 g/mol. The molecule has 1 amide bonds. The average molecular weight is 344 g/mol. The average Bonchev–Trinajstić information content (AvgIpc) is 2.87. The van der Waals surface area contributed by atoms with Crippen molar-refractivity contribution in [3.8, 4) is 0 Å². The van der Waals surface area contributed by atoms with Crippen LogP contribution in [-0.4, -0.2) is 35.0 Å². The third-order valence-corrected chi connectivity index (χ3v) is 5.05. The molecule has 0 aromatic heterocycles. The number of rotatable bonds is 3. The van der Waals surface area contributed by atoms with E-state index in [2.05, 4.69) is 0 Å². The van der Waals surface area contributed by atoms with Crippen LogP contribution in [0, 0.1) is 5.92 Å². The van der Waals surface area contributed by atoms with Crippen molar-refractivity contribution in [1.29, 1.82) is 0 Å². The number of aliphatic carboxylic acids is 1. The molecule has 1 heterocycles. The Morgan fingerprint density at radius 2 is 2.05 bits per heavy atom. The normalized spacial score (nSPS) is 22.6. The van der Waals surface area contributed by atoms with Gasteiger partial charge in [0.05, 0.1) is 11.3 Å². The number of hydrogen-bond donors (Lipinski definition) is 1. The van der Waals surface area contributed by atoms with Crippen molar-refractivity contribution in [3.63, 3.8) is 0 Å². The maximum Gasteiger partial charge on any atom is 0.308 e. The van der Waals surface area contributed by atoms with E-state index in [4.69, 9.17) is 16.7 Å². The summed E-state index contributed by atoms with van der Waals surface area (Å²) >= 11 is 6.06. The van der Waals surface area contributed by atoms with Crippen molar-refractivity contribution >= 4 is 35.9 Å². The maximum absolute atomic E-state index is 12.9. The van der Waals surface area contributed by atoms with E-state index < -0.39 is 17.3 Å². The number of carbonyl (C=O) groups is 2. The zero-order valence-electron chi connectivity index (χ0n) is 12.1. The van der Waals surface area contributed by atoms with Crippen LogP contribution in [0.1, 0.15) is 31.2 Å². The Morgan fingerprint density at radius 1 is 1.32 bits per heavy atom. The highest BCUT2D eigenvalue weighted by Crippen LogP contribution is 2.46. The topological polar surface area (TPSA) is 57.6 Å². The quantitative estimate of drug-likeness (QED) is 0.917. The summed E-state index contributed by atoms with van der Waals surface area (Å²) in [5.74, 6) is -1.17. The Kier molecular flexibility index (Phi) is 5.03. The highest BCUT2D eigenvalue weighted by atomic mass is 35.5. The van der Waals surface area contributed by atoms with Gasteiger partial charge in [-0.25, -0.2) is 0 Å². The number of halogens is 2. The van der Waals surface area contributed by atoms with E-state index >= 15 is 0 Å². The summed E-state index contributed by atoms with van der Waals surface area (Å²) in [5.41, 5.74) is 0.475. The largest absolute Gasteiger partial charge is 0.481 e. The summed E-state index contributed by atoms with van der Waals surface area (Å²) in [6, 6.07) is 7.49. The fraction of sp³-hybridized carbons (Fsp3) is 0.500. The van der Waals surface area contributed by atoms with Crippen LogP contribution in [0.2, 0.25) is 5.02 Å². The number of likely N-dealkylation sites (tertiary alicyclic amines) is 1. The van der Waals surface area contributed by atoms with Crippen molar-refractivity contribution in [3.05, 3.63) is 34.9 Å². The van der Waals surface area contributed by atoms with Crippen molar-refractivity contribution < 1.29 is 14.7 Å². The summed E-state index contributed by atoms with van der Waals surface area (Å²) in [4.78, 5) is 25.7. The Morgan fingerprint density at radius 3 is 2.55 bits per heavy atom. The molecule has 1 atom stereocenters. The van der Waals surface area contributed by atoms with E-state index in [0.29, 0.717) is 24.5 Å². The summed E-state index contributed by atoms with van der Waals surface area (Å²) in [5, 5.41) is 9.72. The van der Waals surface area contributed by atoms with Gasteiger partial charge in [0.15, 0.2) is 0 Å². The van der Waals surface area contributed by atoms with Gasteiger partial charge < -0.3 is 10.0 Å². The maximum atomic E-state index is 12.9. The van der Waals surface area contributed by atoms with Crippen LogP contribution in [-0.2, 0) is 15.0 Å². The molecule has 1 saturated carbocycles. The molecule has 6 heteroatoms. The lowest BCUT2D eigenvalue weighted by molar-refractivity contribution is -0.142. The third kappa shape index (κ3) is 2.82. The monoisotopic (exact) mass is 343 g/mol. The molecule has 1 aliphatic heterocycles. The van der Waals surface area contributed by atoms with Crippen LogP contribution >= 0.6 is 24.0 Å². The van der Waals surface area contributed by atoms with Crippen LogP contribution in [0.25, 0.3) is 0 Å². The van der Waals surface area contributed by atoms with Crippen molar-refractivity contribution in [1.82, 2.24) is 4.90 Å². The van der Waals surface area contributed by atoms with Crippen molar-refractivity contribution in [2.24, 2.45) is 5.92 Å². The van der Waals surface area contributed by atoms with Gasteiger partial charge in [0.2, 0.25) is 5.91 Å². The predicted octanol–water partition coefficient (Wildman–Crippen LogP) is 3.12. The van der Waals surface area contributed by atoms with Gasteiger partial charge in [-0.15, -0.1) is 12.4 Å². The Labute approximate surface area is 140 Å². The first-order valence-electron chi connectivity index (χ1n) is 7.31. The molecule has 0 bridgehead atoms. The number of benzene rings is 1. The Balaban J connectivity index is 0.00000176. The number of carbonyl (C=O) groups excluding carboxylic acids is 1. The highest BCUT2D eigenvalue weighted by Gasteiger charge is 2.49. The lowest BCUT2D eigenvalue weighted by Gasteiger charge is -2.43. The van der Waals surface area contributed by atoms with E-state index in [0.717, 1.165) is 24.8 Å². The molecule has 1 saturated heterocycles. The lowest BCUT2D eigenvalue weighted by atomic mass is 9.63. The fourth-order valence-corrected chi connectivity index (χ4v) is 3.58. The molecule has 3 rings (SSSR count). The van der Waals surface area contributed by atoms with Gasteiger partial charge in [-0.05, 0) is 37.0 Å². The summed E-state index contributed by atoms with van der Waals surface area (Å²) in [6.07, 6.45) is 3.21. The molecule has 1 aromatic rings. The first-order valence-corrected chi connectivity index (χ1v) is 7.69. The van der Waals surface area contributed by atoms with E-state index in [9.17, 15) is 9.59 Å². The third-order valence-electron chi connectivity index (χ3n) is 4.82. The molecule has 1 aliphatic carbocycles. The minimum absolute atomic E-state index is 0. The lowest BCUT2D eigenvalue weighted by Crippen LogP contribution is -2.50. The van der Waals surface area contributed by atoms with Crippen molar-refractivity contribution in [2.75, 3.05) is 13.1 Å². The molecule has 2 fully saturated rings. The second-order valence-electron chi connectivity index (χ2n) is 6.02. The van der Waals surface area contributed by atoms with E-state index in [1.807, 2.05) is 18.2 Å². The fourth-order valence-electron chi connectivity index (χ4n) is 3.39. The number of nitrogens with zero attached hydrogens (tertiary/aromatic N) is 1. The van der Waals surface area contributed by atoms with Crippen LogP contribution < -0.4 is 0 Å². The standard InChI is InChI=1S/C16H18ClNO3.ClH/c17-13-4-1-3-12(9-13)16(6-2-7-16)15(21)18-8-5-11(10-18)14(19)20;/h1,3-4,9,11H,2,5-8,10H2,(H,19,20);1H. The smallest absolute Gasteiger partial charge is 0.308 e. The molecule has 1 aromatic carbocycles. The van der Waals surface area contributed by atoms with Gasteiger partial charge in [-0.1, -0.05) is 30.2 Å². The SMILES string of the molecule is Cl.O=C(O)C1CCN(C(=O)C2(c3cccc(Cl)c3)CCC2)C1. The first-order chi connectivity index (χ1) is 10.0. The van der Waals surface area contributed by atoms with Crippen molar-refractivity contribution in [2.45, 2.75) is 31.1 Å². The highest BCUT2D eigenvalue weighted by molar-refractivity contribution is 6.30. The van der Waals surface area contributed by atoms with E-state index in [1.54, 1.807) is 11.0 Å². The Hall–Kier alpha value is -1.26. The predicted molar refractivity (Wildman–Crippen MR) is 86.6 cm³/mol. The van der Waals surface area contributed by atoms with Crippen LogP contribution in [0.15, 0.2) is 24.3 Å². The number of hydrogen-bond acceptors (Lipinski definition) is 2. The molecule has 120 valence electrons. The number of carboxylic acid groups (broad SMARTS) is 1. The second kappa shape index (κ2) is 6.47. The molecular formula is C16H19Cl2NO3. The molecule has 0 radical (unpaired) electrons. The van der Waals surface area contributed by atoms with Gasteiger partial charge in [-0.3, -0.25) is 9.59 Å². The summed E-state index contributed by atoms with van der Waals surface area (Å²) in [7, 11) is 0. The molecule has 22 heavy (non-hydrogen) atoms. The number of amides is 1. The zero-order chi connectivity index (χ0) is 15.0. The van der Waals surface area contributed by atoms with Gasteiger partial charge >= 0.3 is 5.97 Å². The van der Waals surface area contributed by atoms with E-state index in [-0.39, 0.29) is 18.3 Å². The van der Waals surface area contributed by atoms with Gasteiger partial charge in [-0.2, -0.15) is 0 Å². The molecule has 2 aliphatic rings. The molecule has 4 nitrogen and oxygen atoms in total. The zero-order valence-corrected chi connectivity index (χ0v) is 13.7. The minimum Gasteiger partial charge on any atom is -0.481 e. The summed E-state index contributed by atoms with van der Waals surface area (Å²) in [6.45, 7) is 0.870. The Bertz CT molecular complexity index is 587. The minimum atomic E-state index is -0.810. The van der Waals surface area contributed by atoms with Crippen LogP contribution in [0.3, 0.4) is 0 Å². The molecule has 0 spiro atoms. The summed E-state index contributed by atoms with van der Waals surface area (Å²) < 4.78 is 0. The molecule has 1 unspecified atom stereocenters. The van der Waals surface area contributed by atoms with Gasteiger partial charge in [0.1, 0.15) is 0 Å². The first kappa shape index (κ1) is 17.1. The second-order valence-corrected chi connectivity index (χ2v) is 6.46. The van der Waals surface area contributed by atoms with E-state index in [1.165, 1.54) is 0 Å². The molecule has 1 N–H and O–H groups in total. The van der Waals surface area contributed by atoms with Crippen LogP contribution in [0.5, 0.6) is 0 Å². The van der Waals surface area contributed by atoms with Crippen LogP contribution in [0.4, 0.5) is 0 Å². The van der Waals surface area contributed by atoms with Gasteiger partial charge in [0, 0.05) is 18.1 Å². The number of carboxylic acids is 1. The van der Waals surface area contributed by atoms with Gasteiger partial charge in [0.25, 0.3) is 0 Å².